The highest BCUT2D eigenvalue weighted by molar-refractivity contribution is 6.57. The van der Waals surface area contributed by atoms with Gasteiger partial charge in [0.15, 0.2) is 0 Å². The second-order valence-corrected chi connectivity index (χ2v) is 3.50. The molecule has 0 fully saturated rings. The predicted octanol–water partition coefficient (Wildman–Crippen LogP) is 2.28. The monoisotopic (exact) mass is 231 g/mol. The third-order valence-corrected chi connectivity index (χ3v) is 1.69. The van der Waals surface area contributed by atoms with Crippen molar-refractivity contribution < 1.29 is 5.11 Å². The number of aromatic nitrogens is 2. The molecule has 0 amide bonds. The average molecular weight is 232 g/mol. The second-order valence-electron chi connectivity index (χ2n) is 2.49. The van der Waals surface area contributed by atoms with Gasteiger partial charge in [0.2, 0.25) is 5.88 Å². The molecule has 1 aromatic rings. The van der Waals surface area contributed by atoms with E-state index in [2.05, 4.69) is 5.10 Å². The minimum Gasteiger partial charge on any atom is -0.493 e. The Bertz CT molecular complexity index is 388. The molecule has 0 bridgehead atoms. The number of nitrogens with zero attached hydrogens (tertiary/aromatic N) is 3. The van der Waals surface area contributed by atoms with E-state index in [-0.39, 0.29) is 16.8 Å². The summed E-state index contributed by atoms with van der Waals surface area (Å²) >= 11 is 10.8. The van der Waals surface area contributed by atoms with Gasteiger partial charge in [0.25, 0.3) is 0 Å². The summed E-state index contributed by atoms with van der Waals surface area (Å²) in [6, 6.07) is 3.37. The zero-order valence-electron chi connectivity index (χ0n) is 7.11. The van der Waals surface area contributed by atoms with Gasteiger partial charge in [-0.3, -0.25) is 0 Å². The molecule has 0 unspecified atom stereocenters. The fourth-order valence-electron chi connectivity index (χ4n) is 0.929. The molecule has 6 heteroatoms. The largest absolute Gasteiger partial charge is 0.493 e. The third kappa shape index (κ3) is 2.95. The maximum Gasteiger partial charge on any atom is 0.209 e. The second kappa shape index (κ2) is 4.89. The van der Waals surface area contributed by atoms with Crippen LogP contribution in [0.15, 0.2) is 10.6 Å². The highest BCUT2D eigenvalue weighted by Gasteiger charge is 2.04. The van der Waals surface area contributed by atoms with Gasteiger partial charge >= 0.3 is 0 Å². The van der Waals surface area contributed by atoms with E-state index in [1.165, 1.54) is 16.8 Å². The Morgan fingerprint density at radius 1 is 1.71 bits per heavy atom. The van der Waals surface area contributed by atoms with Crippen LogP contribution < -0.4 is 0 Å². The molecule has 0 spiro atoms. The van der Waals surface area contributed by atoms with Crippen LogP contribution >= 0.6 is 23.2 Å². The summed E-state index contributed by atoms with van der Waals surface area (Å²) in [4.78, 5) is 0. The first-order chi connectivity index (χ1) is 6.63. The quantitative estimate of drug-likeness (QED) is 0.869. The van der Waals surface area contributed by atoms with E-state index >= 15 is 0 Å². The molecule has 0 aliphatic heterocycles. The van der Waals surface area contributed by atoms with Gasteiger partial charge in [-0.2, -0.15) is 10.4 Å². The Kier molecular flexibility index (Phi) is 3.81. The minimum absolute atomic E-state index is 0.0129. The normalized spacial score (nSPS) is 9.50. The van der Waals surface area contributed by atoms with E-state index in [1.807, 2.05) is 6.07 Å². The summed E-state index contributed by atoms with van der Waals surface area (Å²) in [6.07, 6.45) is 1.69. The molecule has 0 aromatic carbocycles. The van der Waals surface area contributed by atoms with E-state index in [0.717, 1.165) is 0 Å². The number of halogens is 2. The van der Waals surface area contributed by atoms with Crippen LogP contribution in [0.3, 0.4) is 0 Å². The summed E-state index contributed by atoms with van der Waals surface area (Å²) in [7, 11) is 0. The molecule has 0 radical (unpaired) electrons. The highest BCUT2D eigenvalue weighted by Crippen LogP contribution is 2.17. The van der Waals surface area contributed by atoms with Crippen LogP contribution in [0.1, 0.15) is 12.1 Å². The van der Waals surface area contributed by atoms with Gasteiger partial charge in [0.05, 0.1) is 24.7 Å². The van der Waals surface area contributed by atoms with Gasteiger partial charge in [-0.05, 0) is 6.08 Å². The van der Waals surface area contributed by atoms with Gasteiger partial charge in [0.1, 0.15) is 4.49 Å². The third-order valence-electron chi connectivity index (χ3n) is 1.47. The van der Waals surface area contributed by atoms with E-state index in [1.54, 1.807) is 0 Å². The SMILES string of the molecule is N#CCCn1nc(C=C(Cl)Cl)cc1O. The van der Waals surface area contributed by atoms with Crippen LogP contribution in [0, 0.1) is 11.3 Å². The molecule has 0 aliphatic rings. The summed E-state index contributed by atoms with van der Waals surface area (Å²) in [5.41, 5.74) is 0.459. The lowest BCUT2D eigenvalue weighted by Gasteiger charge is -1.96. The Morgan fingerprint density at radius 2 is 2.43 bits per heavy atom. The van der Waals surface area contributed by atoms with Crippen LogP contribution in [0.5, 0.6) is 5.88 Å². The van der Waals surface area contributed by atoms with Crippen LogP contribution in [-0.2, 0) is 6.54 Å². The maximum atomic E-state index is 9.35. The highest BCUT2D eigenvalue weighted by atomic mass is 35.5. The first kappa shape index (κ1) is 10.9. The molecule has 1 N–H and O–H groups in total. The number of nitriles is 1. The molecule has 1 heterocycles. The van der Waals surface area contributed by atoms with Gasteiger partial charge < -0.3 is 5.11 Å². The molecular formula is C8H7Cl2N3O. The molecule has 1 rings (SSSR count). The van der Waals surface area contributed by atoms with Gasteiger partial charge in [0, 0.05) is 6.07 Å². The Hall–Kier alpha value is -1.18. The number of rotatable bonds is 3. The predicted molar refractivity (Wildman–Crippen MR) is 53.8 cm³/mol. The Morgan fingerprint density at radius 3 is 3.00 bits per heavy atom. The van der Waals surface area contributed by atoms with Crippen LogP contribution in [0.2, 0.25) is 0 Å². The summed E-state index contributed by atoms with van der Waals surface area (Å²) in [5, 5.41) is 21.6. The lowest BCUT2D eigenvalue weighted by atomic mass is 10.4. The molecule has 0 saturated carbocycles. The first-order valence-electron chi connectivity index (χ1n) is 3.80. The maximum absolute atomic E-state index is 9.35. The molecule has 74 valence electrons. The lowest BCUT2D eigenvalue weighted by Crippen LogP contribution is -1.98. The smallest absolute Gasteiger partial charge is 0.209 e. The molecule has 0 saturated heterocycles. The van der Waals surface area contributed by atoms with E-state index in [0.29, 0.717) is 12.2 Å². The Balaban J connectivity index is 2.83. The molecule has 1 aromatic heterocycles. The van der Waals surface area contributed by atoms with Crippen molar-refractivity contribution in [1.29, 1.82) is 5.26 Å². The van der Waals surface area contributed by atoms with E-state index in [9.17, 15) is 5.11 Å². The molecule has 0 aliphatic carbocycles. The van der Waals surface area contributed by atoms with Crippen molar-refractivity contribution in [2.45, 2.75) is 13.0 Å². The molecule has 4 nitrogen and oxygen atoms in total. The van der Waals surface area contributed by atoms with Crippen molar-refractivity contribution in [2.75, 3.05) is 0 Å². The number of hydrogen-bond donors (Lipinski definition) is 1. The summed E-state index contributed by atoms with van der Waals surface area (Å²) < 4.78 is 1.38. The zero-order valence-corrected chi connectivity index (χ0v) is 8.63. The van der Waals surface area contributed by atoms with Gasteiger partial charge in [-0.15, -0.1) is 0 Å². The number of hydrogen-bond acceptors (Lipinski definition) is 3. The lowest BCUT2D eigenvalue weighted by molar-refractivity contribution is 0.400. The first-order valence-corrected chi connectivity index (χ1v) is 4.55. The van der Waals surface area contributed by atoms with Crippen LogP contribution in [0.25, 0.3) is 6.08 Å². The van der Waals surface area contributed by atoms with Gasteiger partial charge in [-0.25, -0.2) is 4.68 Å². The van der Waals surface area contributed by atoms with E-state index in [4.69, 9.17) is 28.5 Å². The Labute approximate surface area is 91.0 Å². The van der Waals surface area contributed by atoms with Crippen LogP contribution in [0.4, 0.5) is 0 Å². The van der Waals surface area contributed by atoms with Crippen molar-refractivity contribution in [1.82, 2.24) is 9.78 Å². The van der Waals surface area contributed by atoms with E-state index < -0.39 is 0 Å². The minimum atomic E-state index is -0.0129. The van der Waals surface area contributed by atoms with Crippen molar-refractivity contribution >= 4 is 29.3 Å². The fraction of sp³-hybridized carbons (Fsp3) is 0.250. The molecular weight excluding hydrogens is 225 g/mol. The van der Waals surface area contributed by atoms with Crippen molar-refractivity contribution in [3.05, 3.63) is 16.3 Å². The number of aromatic hydroxyl groups is 1. The topological polar surface area (TPSA) is 61.8 Å². The number of aryl methyl sites for hydroxylation is 1. The standard InChI is InChI=1S/C8H7Cl2N3O/c9-7(10)4-6-5-8(14)13(12-6)3-1-2-11/h4-5,14H,1,3H2. The summed E-state index contributed by atoms with van der Waals surface area (Å²) in [5.74, 6) is -0.0129. The average Bonchev–Trinajstić information content (AvgIpc) is 2.41. The summed E-state index contributed by atoms with van der Waals surface area (Å²) in [6.45, 7) is 0.343. The molecule has 0 atom stereocenters. The zero-order chi connectivity index (χ0) is 10.6. The van der Waals surface area contributed by atoms with Crippen molar-refractivity contribution in [2.24, 2.45) is 0 Å². The van der Waals surface area contributed by atoms with Crippen LogP contribution in [-0.4, -0.2) is 14.9 Å². The fourth-order valence-corrected chi connectivity index (χ4v) is 1.15. The molecule has 14 heavy (non-hydrogen) atoms. The van der Waals surface area contributed by atoms with Crippen molar-refractivity contribution in [3.63, 3.8) is 0 Å². The van der Waals surface area contributed by atoms with Gasteiger partial charge in [-0.1, -0.05) is 23.2 Å². The van der Waals surface area contributed by atoms with Crippen molar-refractivity contribution in [3.8, 4) is 11.9 Å².